The zero-order chi connectivity index (χ0) is 11.9. The molecule has 0 N–H and O–H groups in total. The van der Waals surface area contributed by atoms with E-state index in [0.717, 1.165) is 18.6 Å². The fraction of sp³-hybridized carbons (Fsp3) is 0.533. The normalized spacial score (nSPS) is 15.7. The van der Waals surface area contributed by atoms with Crippen molar-refractivity contribution in [3.8, 4) is 5.75 Å². The minimum absolute atomic E-state index is 0.854. The maximum atomic E-state index is 5.17. The summed E-state index contributed by atoms with van der Waals surface area (Å²) in [5, 5.41) is 0. The summed E-state index contributed by atoms with van der Waals surface area (Å²) in [6, 6.07) is 2.08. The number of ether oxygens (including phenoxy) is 1. The number of nitrogens with zero attached hydrogens (tertiary/aromatic N) is 1. The molecule has 1 aromatic rings. The van der Waals surface area contributed by atoms with Crippen LogP contribution in [0.1, 0.15) is 44.1 Å². The zero-order valence-corrected chi connectivity index (χ0v) is 10.6. The van der Waals surface area contributed by atoms with E-state index in [1.165, 1.54) is 37.7 Å². The third-order valence-corrected chi connectivity index (χ3v) is 3.37. The summed E-state index contributed by atoms with van der Waals surface area (Å²) in [6.45, 7) is 0. The number of pyridine rings is 1. The molecule has 1 aliphatic carbocycles. The standard InChI is InChI=1S/C15H21NO/c1-17-15-10-14(11-16-12-15)9-5-8-13-6-3-2-4-7-13/h8,10-12H,2-7,9H2,1H3. The Bertz CT molecular complexity index is 376. The van der Waals surface area contributed by atoms with Crippen molar-refractivity contribution in [2.24, 2.45) is 0 Å². The van der Waals surface area contributed by atoms with Crippen molar-refractivity contribution in [2.45, 2.75) is 44.9 Å². The van der Waals surface area contributed by atoms with Crippen LogP contribution >= 0.6 is 0 Å². The lowest BCUT2D eigenvalue weighted by atomic mass is 9.94. The van der Waals surface area contributed by atoms with Gasteiger partial charge in [0.1, 0.15) is 5.75 Å². The van der Waals surface area contributed by atoms with Crippen LogP contribution in [0.4, 0.5) is 0 Å². The fourth-order valence-corrected chi connectivity index (χ4v) is 2.37. The van der Waals surface area contributed by atoms with Crippen LogP contribution in [-0.2, 0) is 6.42 Å². The van der Waals surface area contributed by atoms with Gasteiger partial charge in [-0.2, -0.15) is 0 Å². The van der Waals surface area contributed by atoms with Crippen LogP contribution in [0.3, 0.4) is 0 Å². The Morgan fingerprint density at radius 3 is 2.82 bits per heavy atom. The third-order valence-electron chi connectivity index (χ3n) is 3.37. The van der Waals surface area contributed by atoms with E-state index in [1.54, 1.807) is 18.9 Å². The van der Waals surface area contributed by atoms with E-state index in [1.807, 2.05) is 6.20 Å². The highest BCUT2D eigenvalue weighted by Gasteiger charge is 2.04. The van der Waals surface area contributed by atoms with Gasteiger partial charge in [0.15, 0.2) is 0 Å². The van der Waals surface area contributed by atoms with Gasteiger partial charge in [0.2, 0.25) is 0 Å². The van der Waals surface area contributed by atoms with Crippen LogP contribution in [0.15, 0.2) is 30.1 Å². The molecule has 1 aromatic heterocycles. The topological polar surface area (TPSA) is 22.1 Å². The largest absolute Gasteiger partial charge is 0.495 e. The Labute approximate surface area is 104 Å². The molecule has 1 aliphatic rings. The van der Waals surface area contributed by atoms with Gasteiger partial charge in [0, 0.05) is 6.20 Å². The molecule has 2 rings (SSSR count). The predicted octanol–water partition coefficient (Wildman–Crippen LogP) is 3.91. The summed E-state index contributed by atoms with van der Waals surface area (Å²) in [7, 11) is 1.69. The van der Waals surface area contributed by atoms with Gasteiger partial charge in [0.25, 0.3) is 0 Å². The molecular weight excluding hydrogens is 210 g/mol. The second kappa shape index (κ2) is 6.43. The van der Waals surface area contributed by atoms with E-state index >= 15 is 0 Å². The van der Waals surface area contributed by atoms with Crippen LogP contribution < -0.4 is 4.74 Å². The van der Waals surface area contributed by atoms with Gasteiger partial charge >= 0.3 is 0 Å². The first-order valence-corrected chi connectivity index (χ1v) is 6.54. The molecule has 0 atom stereocenters. The predicted molar refractivity (Wildman–Crippen MR) is 70.3 cm³/mol. The van der Waals surface area contributed by atoms with Crippen LogP contribution in [0.5, 0.6) is 5.75 Å². The monoisotopic (exact) mass is 231 g/mol. The van der Waals surface area contributed by atoms with Crippen molar-refractivity contribution in [3.63, 3.8) is 0 Å². The summed E-state index contributed by atoms with van der Waals surface area (Å²) in [4.78, 5) is 4.18. The van der Waals surface area contributed by atoms with Crippen LogP contribution in [0.25, 0.3) is 0 Å². The average molecular weight is 231 g/mol. The molecular formula is C15H21NO. The summed E-state index contributed by atoms with van der Waals surface area (Å²) >= 11 is 0. The molecule has 1 fully saturated rings. The molecule has 17 heavy (non-hydrogen) atoms. The average Bonchev–Trinajstić information content (AvgIpc) is 2.40. The van der Waals surface area contributed by atoms with Crippen molar-refractivity contribution >= 4 is 0 Å². The van der Waals surface area contributed by atoms with E-state index in [9.17, 15) is 0 Å². The number of hydrogen-bond acceptors (Lipinski definition) is 2. The molecule has 2 heteroatoms. The Morgan fingerprint density at radius 2 is 2.06 bits per heavy atom. The summed E-state index contributed by atoms with van der Waals surface area (Å²) in [5.41, 5.74) is 2.92. The number of methoxy groups -OCH3 is 1. The van der Waals surface area contributed by atoms with Crippen molar-refractivity contribution in [1.82, 2.24) is 4.98 Å². The van der Waals surface area contributed by atoms with Gasteiger partial charge in [-0.05, 0) is 50.2 Å². The number of aromatic nitrogens is 1. The highest BCUT2D eigenvalue weighted by molar-refractivity contribution is 5.23. The number of allylic oxidation sites excluding steroid dienone is 2. The smallest absolute Gasteiger partial charge is 0.137 e. The molecule has 1 saturated carbocycles. The first kappa shape index (κ1) is 12.2. The zero-order valence-electron chi connectivity index (χ0n) is 10.6. The van der Waals surface area contributed by atoms with Gasteiger partial charge < -0.3 is 4.74 Å². The number of aryl methyl sites for hydroxylation is 1. The molecule has 0 radical (unpaired) electrons. The molecule has 0 unspecified atom stereocenters. The lowest BCUT2D eigenvalue weighted by Gasteiger charge is -2.13. The first-order chi connectivity index (χ1) is 8.38. The van der Waals surface area contributed by atoms with Crippen LogP contribution in [0, 0.1) is 0 Å². The maximum Gasteiger partial charge on any atom is 0.137 e. The SMILES string of the molecule is COc1cncc(CCC=C2CCCCC2)c1. The Morgan fingerprint density at radius 1 is 1.24 bits per heavy atom. The second-order valence-corrected chi connectivity index (χ2v) is 4.69. The Kier molecular flexibility index (Phi) is 4.60. The second-order valence-electron chi connectivity index (χ2n) is 4.69. The minimum atomic E-state index is 0.854. The van der Waals surface area contributed by atoms with Crippen molar-refractivity contribution in [3.05, 3.63) is 35.7 Å². The molecule has 2 nitrogen and oxygen atoms in total. The summed E-state index contributed by atoms with van der Waals surface area (Å²) in [6.07, 6.45) is 15.1. The van der Waals surface area contributed by atoms with Gasteiger partial charge in [-0.1, -0.05) is 18.1 Å². The first-order valence-electron chi connectivity index (χ1n) is 6.54. The van der Waals surface area contributed by atoms with E-state index in [2.05, 4.69) is 17.1 Å². The van der Waals surface area contributed by atoms with Crippen LogP contribution in [-0.4, -0.2) is 12.1 Å². The van der Waals surface area contributed by atoms with E-state index < -0.39 is 0 Å². The van der Waals surface area contributed by atoms with Crippen molar-refractivity contribution in [2.75, 3.05) is 7.11 Å². The van der Waals surface area contributed by atoms with Gasteiger partial charge in [0.05, 0.1) is 13.3 Å². The van der Waals surface area contributed by atoms with Crippen molar-refractivity contribution in [1.29, 1.82) is 0 Å². The van der Waals surface area contributed by atoms with Gasteiger partial charge in [-0.25, -0.2) is 0 Å². The van der Waals surface area contributed by atoms with E-state index in [4.69, 9.17) is 4.74 Å². The van der Waals surface area contributed by atoms with E-state index in [-0.39, 0.29) is 0 Å². The minimum Gasteiger partial charge on any atom is -0.495 e. The molecule has 1 heterocycles. The highest BCUT2D eigenvalue weighted by atomic mass is 16.5. The summed E-state index contributed by atoms with van der Waals surface area (Å²) in [5.74, 6) is 0.854. The fourth-order valence-electron chi connectivity index (χ4n) is 2.37. The molecule has 0 saturated heterocycles. The van der Waals surface area contributed by atoms with Gasteiger partial charge in [-0.15, -0.1) is 0 Å². The maximum absolute atomic E-state index is 5.17. The molecule has 92 valence electrons. The van der Waals surface area contributed by atoms with E-state index in [0.29, 0.717) is 0 Å². The lowest BCUT2D eigenvalue weighted by Crippen LogP contribution is -1.94. The number of hydrogen-bond donors (Lipinski definition) is 0. The molecule has 0 amide bonds. The lowest BCUT2D eigenvalue weighted by molar-refractivity contribution is 0.412. The highest BCUT2D eigenvalue weighted by Crippen LogP contribution is 2.23. The van der Waals surface area contributed by atoms with Crippen LogP contribution in [0.2, 0.25) is 0 Å². The Balaban J connectivity index is 1.84. The van der Waals surface area contributed by atoms with Crippen molar-refractivity contribution < 1.29 is 4.74 Å². The Hall–Kier alpha value is -1.31. The quantitative estimate of drug-likeness (QED) is 0.733. The summed E-state index contributed by atoms with van der Waals surface area (Å²) < 4.78 is 5.17. The number of rotatable bonds is 4. The third kappa shape index (κ3) is 3.88. The molecule has 0 bridgehead atoms. The van der Waals surface area contributed by atoms with Gasteiger partial charge in [-0.3, -0.25) is 4.98 Å². The molecule has 0 aliphatic heterocycles. The molecule has 0 spiro atoms. The molecule has 0 aromatic carbocycles.